The van der Waals surface area contributed by atoms with Crippen LogP contribution in [-0.4, -0.2) is 24.3 Å². The number of nitrogens with two attached hydrogens (primary N) is 1. The zero-order valence-electron chi connectivity index (χ0n) is 11.3. The maximum absolute atomic E-state index is 12.7. The number of hydrogen-bond donors (Lipinski definition) is 1. The van der Waals surface area contributed by atoms with Crippen molar-refractivity contribution in [2.75, 3.05) is 0 Å². The number of aromatic nitrogens is 2. The van der Waals surface area contributed by atoms with E-state index in [-0.39, 0.29) is 10.6 Å². The molecule has 0 radical (unpaired) electrons. The number of sulfone groups is 1. The Morgan fingerprint density at radius 2 is 1.41 bits per heavy atom. The highest BCUT2D eigenvalue weighted by Gasteiger charge is 2.27. The number of primary amides is 1. The van der Waals surface area contributed by atoms with Crippen molar-refractivity contribution in [1.82, 2.24) is 9.97 Å². The maximum Gasteiger partial charge on any atom is 0.270 e. The van der Waals surface area contributed by atoms with Crippen molar-refractivity contribution in [3.63, 3.8) is 0 Å². The van der Waals surface area contributed by atoms with Crippen LogP contribution < -0.4 is 5.73 Å². The van der Waals surface area contributed by atoms with Crippen molar-refractivity contribution in [1.29, 1.82) is 0 Å². The van der Waals surface area contributed by atoms with Gasteiger partial charge in [-0.3, -0.25) is 4.79 Å². The number of fused-ring (bicyclic) bond motifs is 1. The third-order valence-electron chi connectivity index (χ3n) is 3.08. The summed E-state index contributed by atoms with van der Waals surface area (Å²) in [6.07, 6.45) is 0. The minimum Gasteiger partial charge on any atom is -0.364 e. The van der Waals surface area contributed by atoms with Crippen LogP contribution in [0.25, 0.3) is 11.0 Å². The van der Waals surface area contributed by atoms with E-state index in [0.29, 0.717) is 11.0 Å². The van der Waals surface area contributed by atoms with Crippen LogP contribution in [0.2, 0.25) is 0 Å². The fourth-order valence-corrected chi connectivity index (χ4v) is 3.40. The molecule has 0 aliphatic rings. The van der Waals surface area contributed by atoms with Crippen LogP contribution in [0.3, 0.4) is 0 Å². The second-order valence-electron chi connectivity index (χ2n) is 4.55. The first-order chi connectivity index (χ1) is 10.5. The van der Waals surface area contributed by atoms with Gasteiger partial charge in [0.25, 0.3) is 5.91 Å². The summed E-state index contributed by atoms with van der Waals surface area (Å²) < 4.78 is 25.4. The van der Waals surface area contributed by atoms with Crippen LogP contribution in [0.4, 0.5) is 0 Å². The Balaban J connectivity index is 2.34. The molecule has 7 heteroatoms. The molecular weight excluding hydrogens is 302 g/mol. The Kier molecular flexibility index (Phi) is 3.34. The fraction of sp³-hybridized carbons (Fsp3) is 0. The minimum atomic E-state index is -3.98. The highest BCUT2D eigenvalue weighted by Crippen LogP contribution is 2.23. The molecule has 0 aliphatic carbocycles. The topological polar surface area (TPSA) is 103 Å². The summed E-state index contributed by atoms with van der Waals surface area (Å²) in [5, 5.41) is -0.426. The van der Waals surface area contributed by atoms with E-state index in [4.69, 9.17) is 5.73 Å². The molecule has 0 saturated heterocycles. The van der Waals surface area contributed by atoms with Gasteiger partial charge < -0.3 is 5.73 Å². The highest BCUT2D eigenvalue weighted by molar-refractivity contribution is 7.91. The Bertz CT molecular complexity index is 970. The number of rotatable bonds is 3. The Hall–Kier alpha value is -2.80. The molecule has 0 aliphatic heterocycles. The minimum absolute atomic E-state index is 0.0297. The van der Waals surface area contributed by atoms with Crippen molar-refractivity contribution < 1.29 is 13.2 Å². The third-order valence-corrected chi connectivity index (χ3v) is 4.77. The summed E-state index contributed by atoms with van der Waals surface area (Å²) in [7, 11) is -3.98. The van der Waals surface area contributed by atoms with E-state index in [2.05, 4.69) is 9.97 Å². The van der Waals surface area contributed by atoms with Gasteiger partial charge in [-0.1, -0.05) is 30.3 Å². The number of nitrogens with zero attached hydrogens (tertiary/aromatic N) is 2. The summed E-state index contributed by atoms with van der Waals surface area (Å²) in [4.78, 5) is 19.8. The van der Waals surface area contributed by atoms with E-state index in [1.54, 1.807) is 42.5 Å². The predicted molar refractivity (Wildman–Crippen MR) is 79.9 cm³/mol. The summed E-state index contributed by atoms with van der Waals surface area (Å²) in [6.45, 7) is 0. The standard InChI is InChI=1S/C15H11N3O3S/c16-14(19)13-15(18-12-9-5-4-8-11(12)17-13)22(20,21)10-6-2-1-3-7-10/h1-9H,(H2,16,19). The first kappa shape index (κ1) is 14.2. The Morgan fingerprint density at radius 1 is 0.864 bits per heavy atom. The molecule has 0 fully saturated rings. The van der Waals surface area contributed by atoms with Crippen molar-refractivity contribution in [2.24, 2.45) is 5.73 Å². The van der Waals surface area contributed by atoms with Gasteiger partial charge in [0.15, 0.2) is 10.7 Å². The molecule has 2 N–H and O–H groups in total. The number of para-hydroxylation sites is 2. The van der Waals surface area contributed by atoms with Gasteiger partial charge in [-0.05, 0) is 24.3 Å². The molecule has 1 heterocycles. The lowest BCUT2D eigenvalue weighted by Gasteiger charge is -2.08. The van der Waals surface area contributed by atoms with E-state index >= 15 is 0 Å². The van der Waals surface area contributed by atoms with Crippen LogP contribution in [0, 0.1) is 0 Å². The molecule has 0 bridgehead atoms. The molecule has 3 rings (SSSR count). The van der Waals surface area contributed by atoms with Crippen molar-refractivity contribution in [2.45, 2.75) is 9.92 Å². The SMILES string of the molecule is NC(=O)c1nc2ccccc2nc1S(=O)(=O)c1ccccc1. The molecule has 22 heavy (non-hydrogen) atoms. The molecule has 2 aromatic carbocycles. The van der Waals surface area contributed by atoms with Gasteiger partial charge in [0.1, 0.15) is 0 Å². The zero-order valence-corrected chi connectivity index (χ0v) is 12.1. The van der Waals surface area contributed by atoms with Crippen LogP contribution in [0.1, 0.15) is 10.5 Å². The highest BCUT2D eigenvalue weighted by atomic mass is 32.2. The second-order valence-corrected chi connectivity index (χ2v) is 6.41. The fourth-order valence-electron chi connectivity index (χ4n) is 2.04. The number of hydrogen-bond acceptors (Lipinski definition) is 5. The average Bonchev–Trinajstić information content (AvgIpc) is 2.54. The molecule has 6 nitrogen and oxygen atoms in total. The monoisotopic (exact) mass is 313 g/mol. The molecule has 0 atom stereocenters. The van der Waals surface area contributed by atoms with E-state index < -0.39 is 20.8 Å². The molecule has 3 aromatic rings. The third kappa shape index (κ3) is 2.31. The first-order valence-corrected chi connectivity index (χ1v) is 7.85. The lowest BCUT2D eigenvalue weighted by molar-refractivity contribution is 0.0991. The molecule has 0 spiro atoms. The molecule has 110 valence electrons. The lowest BCUT2D eigenvalue weighted by atomic mass is 10.3. The van der Waals surface area contributed by atoms with Gasteiger partial charge >= 0.3 is 0 Å². The second kappa shape index (κ2) is 5.19. The quantitative estimate of drug-likeness (QED) is 0.790. The summed E-state index contributed by atoms with van der Waals surface area (Å²) in [5.41, 5.74) is 5.70. The average molecular weight is 313 g/mol. The van der Waals surface area contributed by atoms with Crippen LogP contribution >= 0.6 is 0 Å². The van der Waals surface area contributed by atoms with Gasteiger partial charge in [0, 0.05) is 0 Å². The summed E-state index contributed by atoms with van der Waals surface area (Å²) >= 11 is 0. The molecule has 0 unspecified atom stereocenters. The largest absolute Gasteiger partial charge is 0.364 e. The van der Waals surface area contributed by atoms with Crippen molar-refractivity contribution >= 4 is 26.8 Å². The lowest BCUT2D eigenvalue weighted by Crippen LogP contribution is -2.20. The van der Waals surface area contributed by atoms with Crippen LogP contribution in [0.5, 0.6) is 0 Å². The van der Waals surface area contributed by atoms with E-state index in [9.17, 15) is 13.2 Å². The van der Waals surface area contributed by atoms with Crippen LogP contribution in [-0.2, 0) is 9.84 Å². The van der Waals surface area contributed by atoms with Gasteiger partial charge in [-0.25, -0.2) is 18.4 Å². The van der Waals surface area contributed by atoms with E-state index in [1.165, 1.54) is 12.1 Å². The molecule has 1 amide bonds. The number of benzene rings is 2. The number of carbonyl (C=O) groups is 1. The normalized spacial score (nSPS) is 11.5. The molecule has 0 saturated carbocycles. The van der Waals surface area contributed by atoms with Crippen molar-refractivity contribution in [3.05, 3.63) is 60.3 Å². The van der Waals surface area contributed by atoms with Gasteiger partial charge in [-0.2, -0.15) is 0 Å². The van der Waals surface area contributed by atoms with Crippen LogP contribution in [0.15, 0.2) is 64.5 Å². The van der Waals surface area contributed by atoms with Crippen molar-refractivity contribution in [3.8, 4) is 0 Å². The molecular formula is C15H11N3O3S. The maximum atomic E-state index is 12.7. The summed E-state index contributed by atoms with van der Waals surface area (Å²) in [6, 6.07) is 14.4. The number of carbonyl (C=O) groups excluding carboxylic acids is 1. The van der Waals surface area contributed by atoms with E-state index in [0.717, 1.165) is 0 Å². The smallest absolute Gasteiger partial charge is 0.270 e. The van der Waals surface area contributed by atoms with Gasteiger partial charge in [-0.15, -0.1) is 0 Å². The van der Waals surface area contributed by atoms with Gasteiger partial charge in [0.05, 0.1) is 15.9 Å². The van der Waals surface area contributed by atoms with E-state index in [1.807, 2.05) is 0 Å². The predicted octanol–water partition coefficient (Wildman–Crippen LogP) is 1.56. The molecule has 1 aromatic heterocycles. The Morgan fingerprint density at radius 3 is 2.00 bits per heavy atom. The summed E-state index contributed by atoms with van der Waals surface area (Å²) in [5.74, 6) is -0.937. The Labute approximate surface area is 126 Å². The number of amides is 1. The van der Waals surface area contributed by atoms with Gasteiger partial charge in [0.2, 0.25) is 9.84 Å². The zero-order chi connectivity index (χ0) is 15.7. The first-order valence-electron chi connectivity index (χ1n) is 6.37.